The van der Waals surface area contributed by atoms with Crippen molar-refractivity contribution in [1.29, 1.82) is 0 Å². The molecule has 6 nitrogen and oxygen atoms in total. The Bertz CT molecular complexity index is 1540. The lowest BCUT2D eigenvalue weighted by molar-refractivity contribution is 0.102. The zero-order valence-electron chi connectivity index (χ0n) is 18.2. The summed E-state index contributed by atoms with van der Waals surface area (Å²) in [7, 11) is 0. The molecule has 7 heteroatoms. The number of carbonyl (C=O) groups is 2. The number of hydrogen-bond acceptors (Lipinski definition) is 4. The number of aromatic nitrogens is 3. The molecule has 0 aliphatic rings. The predicted molar refractivity (Wildman–Crippen MR) is 129 cm³/mol. The molecule has 0 saturated heterocycles. The summed E-state index contributed by atoms with van der Waals surface area (Å²) in [5, 5.41) is 3.63. The van der Waals surface area contributed by atoms with Crippen LogP contribution in [0.1, 0.15) is 26.3 Å². The molecule has 2 heterocycles. The van der Waals surface area contributed by atoms with E-state index < -0.39 is 11.7 Å². The van der Waals surface area contributed by atoms with E-state index in [1.165, 1.54) is 18.5 Å². The van der Waals surface area contributed by atoms with Gasteiger partial charge in [0.05, 0.1) is 11.3 Å². The summed E-state index contributed by atoms with van der Waals surface area (Å²) in [5.41, 5.74) is 5.89. The minimum Gasteiger partial charge on any atom is -0.339 e. The fourth-order valence-electron chi connectivity index (χ4n) is 3.91. The van der Waals surface area contributed by atoms with Crippen molar-refractivity contribution in [3.05, 3.63) is 102 Å². The lowest BCUT2D eigenvalue weighted by atomic mass is 10.0. The molecule has 5 rings (SSSR count). The van der Waals surface area contributed by atoms with E-state index in [-0.39, 0.29) is 5.56 Å². The van der Waals surface area contributed by atoms with E-state index >= 15 is 0 Å². The summed E-state index contributed by atoms with van der Waals surface area (Å²) in [6.07, 6.45) is 2.29. The van der Waals surface area contributed by atoms with Gasteiger partial charge in [-0.2, -0.15) is 0 Å². The predicted octanol–water partition coefficient (Wildman–Crippen LogP) is 5.80. The Labute approximate surface area is 194 Å². The quantitative estimate of drug-likeness (QED) is 0.331. The van der Waals surface area contributed by atoms with Crippen molar-refractivity contribution in [1.82, 2.24) is 15.0 Å². The molecule has 0 spiro atoms. The molecule has 0 radical (unpaired) electrons. The molecule has 34 heavy (non-hydrogen) atoms. The van der Waals surface area contributed by atoms with Gasteiger partial charge < -0.3 is 10.3 Å². The minimum atomic E-state index is -0.577. The van der Waals surface area contributed by atoms with Crippen LogP contribution in [-0.2, 0) is 0 Å². The fourth-order valence-corrected chi connectivity index (χ4v) is 3.91. The number of anilines is 1. The highest BCUT2D eigenvalue weighted by Crippen LogP contribution is 2.34. The van der Waals surface area contributed by atoms with Gasteiger partial charge in [0.2, 0.25) is 0 Å². The molecular formula is C27H19FN4O2. The van der Waals surface area contributed by atoms with Crippen LogP contribution < -0.4 is 5.32 Å². The van der Waals surface area contributed by atoms with Crippen LogP contribution in [-0.4, -0.2) is 27.1 Å². The number of aldehydes is 1. The number of fused-ring (bicyclic) bond motifs is 1. The first-order chi connectivity index (χ1) is 16.5. The highest BCUT2D eigenvalue weighted by molar-refractivity contribution is 6.05. The maximum absolute atomic E-state index is 14.0. The molecule has 3 aromatic carbocycles. The molecule has 0 saturated carbocycles. The molecule has 0 fully saturated rings. The average molecular weight is 450 g/mol. The summed E-state index contributed by atoms with van der Waals surface area (Å²) < 4.78 is 14.0. The normalized spacial score (nSPS) is 10.9. The monoisotopic (exact) mass is 450 g/mol. The Kier molecular flexibility index (Phi) is 5.43. The van der Waals surface area contributed by atoms with E-state index in [2.05, 4.69) is 20.3 Å². The summed E-state index contributed by atoms with van der Waals surface area (Å²) in [5.74, 6) is -1.10. The van der Waals surface area contributed by atoms with Gasteiger partial charge in [-0.05, 0) is 42.3 Å². The highest BCUT2D eigenvalue weighted by atomic mass is 19.1. The van der Waals surface area contributed by atoms with Gasteiger partial charge in [0.25, 0.3) is 5.91 Å². The number of aromatic amines is 1. The van der Waals surface area contributed by atoms with E-state index in [9.17, 15) is 14.0 Å². The topological polar surface area (TPSA) is 87.7 Å². The van der Waals surface area contributed by atoms with Gasteiger partial charge in [-0.3, -0.25) is 9.59 Å². The first-order valence-electron chi connectivity index (χ1n) is 10.6. The number of benzene rings is 3. The number of H-pyrrole nitrogens is 1. The van der Waals surface area contributed by atoms with Crippen molar-refractivity contribution in [3.63, 3.8) is 0 Å². The van der Waals surface area contributed by atoms with E-state index in [1.807, 2.05) is 37.3 Å². The average Bonchev–Trinajstić information content (AvgIpc) is 3.30. The van der Waals surface area contributed by atoms with Crippen LogP contribution >= 0.6 is 0 Å². The summed E-state index contributed by atoms with van der Waals surface area (Å²) >= 11 is 0. The third-order valence-corrected chi connectivity index (χ3v) is 5.74. The third kappa shape index (κ3) is 3.84. The van der Waals surface area contributed by atoms with Crippen LogP contribution in [0.15, 0.2) is 79.1 Å². The second-order valence-electron chi connectivity index (χ2n) is 7.82. The number of halogens is 1. The molecular weight excluding hydrogens is 431 g/mol. The smallest absolute Gasteiger partial charge is 0.258 e. The zero-order chi connectivity index (χ0) is 23.7. The van der Waals surface area contributed by atoms with E-state index in [1.54, 1.807) is 30.3 Å². The fraction of sp³-hybridized carbons (Fsp3) is 0.0370. The van der Waals surface area contributed by atoms with Gasteiger partial charge in [0.1, 0.15) is 24.1 Å². The lowest BCUT2D eigenvalue weighted by Crippen LogP contribution is -2.14. The number of rotatable bonds is 5. The molecule has 2 N–H and O–H groups in total. The van der Waals surface area contributed by atoms with Gasteiger partial charge >= 0.3 is 0 Å². The van der Waals surface area contributed by atoms with Crippen molar-refractivity contribution >= 4 is 28.9 Å². The van der Waals surface area contributed by atoms with Crippen LogP contribution in [0.2, 0.25) is 0 Å². The van der Waals surface area contributed by atoms with Gasteiger partial charge in [-0.25, -0.2) is 14.4 Å². The SMILES string of the molecule is Cc1c(NC(=O)c2ccccc2F)cccc1-c1ncnc2[nH]c(-c3ccc(C=O)cc3)cc12. The second kappa shape index (κ2) is 8.71. The summed E-state index contributed by atoms with van der Waals surface area (Å²) in [6.45, 7) is 1.88. The second-order valence-corrected chi connectivity index (χ2v) is 7.82. The van der Waals surface area contributed by atoms with Crippen molar-refractivity contribution < 1.29 is 14.0 Å². The standard InChI is InChI=1S/C27H19FN4O2/c1-16-19(6-4-8-23(16)32-27(34)20-5-2-3-7-22(20)28)25-21-13-24(31-26(21)30-15-29-25)18-11-9-17(14-33)10-12-18/h2-15H,1H3,(H,32,34)(H,29,30,31). The number of nitrogens with zero attached hydrogens (tertiary/aromatic N) is 2. The van der Waals surface area contributed by atoms with Crippen LogP contribution in [0.3, 0.4) is 0 Å². The first-order valence-corrected chi connectivity index (χ1v) is 10.6. The molecule has 166 valence electrons. The highest BCUT2D eigenvalue weighted by Gasteiger charge is 2.17. The first kappa shape index (κ1) is 21.2. The zero-order valence-corrected chi connectivity index (χ0v) is 18.2. The van der Waals surface area contributed by atoms with Crippen molar-refractivity contribution in [2.45, 2.75) is 6.92 Å². The Balaban J connectivity index is 1.53. The van der Waals surface area contributed by atoms with E-state index in [0.717, 1.165) is 34.1 Å². The van der Waals surface area contributed by atoms with Crippen molar-refractivity contribution in [2.75, 3.05) is 5.32 Å². The molecule has 0 aliphatic heterocycles. The molecule has 2 aromatic heterocycles. The molecule has 1 amide bonds. The minimum absolute atomic E-state index is 0.0207. The molecule has 0 bridgehead atoms. The van der Waals surface area contributed by atoms with Gasteiger partial charge in [0, 0.05) is 27.9 Å². The number of carbonyl (C=O) groups excluding carboxylic acids is 2. The third-order valence-electron chi connectivity index (χ3n) is 5.74. The van der Waals surface area contributed by atoms with Crippen LogP contribution in [0.5, 0.6) is 0 Å². The van der Waals surface area contributed by atoms with Gasteiger partial charge in [-0.1, -0.05) is 48.5 Å². The largest absolute Gasteiger partial charge is 0.339 e. The molecule has 5 aromatic rings. The van der Waals surface area contributed by atoms with E-state index in [0.29, 0.717) is 22.6 Å². The molecule has 0 unspecified atom stereocenters. The van der Waals surface area contributed by atoms with Crippen LogP contribution in [0, 0.1) is 12.7 Å². The Hall–Kier alpha value is -4.65. The van der Waals surface area contributed by atoms with Crippen LogP contribution in [0.25, 0.3) is 33.5 Å². The number of amides is 1. The van der Waals surface area contributed by atoms with E-state index in [4.69, 9.17) is 0 Å². The number of hydrogen-bond donors (Lipinski definition) is 2. The molecule has 0 aliphatic carbocycles. The maximum Gasteiger partial charge on any atom is 0.258 e. The van der Waals surface area contributed by atoms with Gasteiger partial charge in [-0.15, -0.1) is 0 Å². The summed E-state index contributed by atoms with van der Waals surface area (Å²) in [4.78, 5) is 35.8. The Morgan fingerprint density at radius 2 is 1.79 bits per heavy atom. The van der Waals surface area contributed by atoms with Crippen LogP contribution in [0.4, 0.5) is 10.1 Å². The van der Waals surface area contributed by atoms with Gasteiger partial charge in [0.15, 0.2) is 0 Å². The Morgan fingerprint density at radius 1 is 1.00 bits per heavy atom. The molecule has 0 atom stereocenters. The van der Waals surface area contributed by atoms with Crippen molar-refractivity contribution in [2.24, 2.45) is 0 Å². The Morgan fingerprint density at radius 3 is 2.56 bits per heavy atom. The maximum atomic E-state index is 14.0. The number of nitrogens with one attached hydrogen (secondary N) is 2. The van der Waals surface area contributed by atoms with Crippen molar-refractivity contribution in [3.8, 4) is 22.5 Å². The lowest BCUT2D eigenvalue weighted by Gasteiger charge is -2.13. The summed E-state index contributed by atoms with van der Waals surface area (Å²) in [6, 6.07) is 20.6.